The smallest absolute Gasteiger partial charge is 0.255 e. The Hall–Kier alpha value is -1.91. The number of hydrogen-bond acceptors (Lipinski definition) is 3. The lowest BCUT2D eigenvalue weighted by atomic mass is 9.94. The number of nitrogens with zero attached hydrogens (tertiary/aromatic N) is 2. The molecule has 5 heteroatoms. The zero-order chi connectivity index (χ0) is 17.0. The van der Waals surface area contributed by atoms with Crippen molar-refractivity contribution in [3.8, 4) is 0 Å². The van der Waals surface area contributed by atoms with Crippen molar-refractivity contribution in [3.05, 3.63) is 64.0 Å². The van der Waals surface area contributed by atoms with Crippen molar-refractivity contribution in [2.24, 2.45) is 0 Å². The number of hydrogen-bond donors (Lipinski definition) is 1. The monoisotopic (exact) mass is 348 g/mol. The first-order valence-electron chi connectivity index (χ1n) is 7.82. The molecule has 0 spiro atoms. The Morgan fingerprint density at radius 1 is 1.17 bits per heavy atom. The Morgan fingerprint density at radius 3 is 2.29 bits per heavy atom. The van der Waals surface area contributed by atoms with Gasteiger partial charge in [0.25, 0.3) is 5.91 Å². The van der Waals surface area contributed by atoms with E-state index < -0.39 is 0 Å². The highest BCUT2D eigenvalue weighted by molar-refractivity contribution is 5.93. The van der Waals surface area contributed by atoms with Gasteiger partial charge in [0.15, 0.2) is 0 Å². The van der Waals surface area contributed by atoms with Crippen molar-refractivity contribution >= 4 is 18.3 Å². The summed E-state index contributed by atoms with van der Waals surface area (Å²) in [4.78, 5) is 18.4. The zero-order valence-electron chi connectivity index (χ0n) is 14.7. The Morgan fingerprint density at radius 2 is 1.79 bits per heavy atom. The van der Waals surface area contributed by atoms with Gasteiger partial charge in [-0.15, -0.1) is 12.4 Å². The Labute approximate surface area is 149 Å². The van der Waals surface area contributed by atoms with Gasteiger partial charge in [0.2, 0.25) is 0 Å². The van der Waals surface area contributed by atoms with E-state index in [9.17, 15) is 9.90 Å². The number of aliphatic hydroxyl groups excluding tert-OH is 1. The van der Waals surface area contributed by atoms with Crippen LogP contribution in [0, 0.1) is 27.7 Å². The average Bonchev–Trinajstić information content (AvgIpc) is 2.56. The summed E-state index contributed by atoms with van der Waals surface area (Å²) < 4.78 is 0. The second-order valence-electron chi connectivity index (χ2n) is 5.93. The summed E-state index contributed by atoms with van der Waals surface area (Å²) in [6.45, 7) is 9.09. The molecule has 1 amide bonds. The largest absolute Gasteiger partial charge is 0.395 e. The summed E-state index contributed by atoms with van der Waals surface area (Å²) in [6.07, 6.45) is 3.21. The second-order valence-corrected chi connectivity index (χ2v) is 5.93. The highest BCUT2D eigenvalue weighted by atomic mass is 35.5. The average molecular weight is 349 g/mol. The summed E-state index contributed by atoms with van der Waals surface area (Å²) in [5, 5.41) is 9.35. The molecule has 130 valence electrons. The number of halogens is 1. The molecule has 1 aromatic heterocycles. The summed E-state index contributed by atoms with van der Waals surface area (Å²) in [6, 6.07) is 5.67. The summed E-state index contributed by atoms with van der Waals surface area (Å²) in [7, 11) is 0. The molecular formula is C19H25ClN2O2. The normalized spacial score (nSPS) is 10.2. The first kappa shape index (κ1) is 20.1. The van der Waals surface area contributed by atoms with Gasteiger partial charge in [-0.1, -0.05) is 6.07 Å². The lowest BCUT2D eigenvalue weighted by Crippen LogP contribution is -2.33. The molecule has 0 saturated carbocycles. The molecule has 1 N–H and O–H groups in total. The van der Waals surface area contributed by atoms with Crippen molar-refractivity contribution in [1.29, 1.82) is 0 Å². The topological polar surface area (TPSA) is 53.4 Å². The van der Waals surface area contributed by atoms with Gasteiger partial charge in [0.1, 0.15) is 0 Å². The standard InChI is InChI=1S/C19H24N2O2.ClH/c1-13-10-14(2)16(4)18(15(13)3)12-21(8-9-22)19(23)17-6-5-7-20-11-17;/h5-7,10-11,22H,8-9,12H2,1-4H3;1H. The van der Waals surface area contributed by atoms with E-state index in [1.54, 1.807) is 29.4 Å². The van der Waals surface area contributed by atoms with E-state index in [1.165, 1.54) is 22.3 Å². The van der Waals surface area contributed by atoms with E-state index in [2.05, 4.69) is 38.7 Å². The third-order valence-electron chi connectivity index (χ3n) is 4.44. The number of aliphatic hydroxyl groups is 1. The summed E-state index contributed by atoms with van der Waals surface area (Å²) in [5.74, 6) is -0.106. The molecule has 0 aliphatic carbocycles. The summed E-state index contributed by atoms with van der Waals surface area (Å²) >= 11 is 0. The molecule has 4 nitrogen and oxygen atoms in total. The van der Waals surface area contributed by atoms with Gasteiger partial charge in [-0.05, 0) is 67.6 Å². The Kier molecular flexibility index (Phi) is 7.39. The van der Waals surface area contributed by atoms with Crippen molar-refractivity contribution in [1.82, 2.24) is 9.88 Å². The third kappa shape index (κ3) is 4.34. The van der Waals surface area contributed by atoms with Crippen molar-refractivity contribution in [2.45, 2.75) is 34.2 Å². The van der Waals surface area contributed by atoms with Crippen LogP contribution in [0.3, 0.4) is 0 Å². The van der Waals surface area contributed by atoms with E-state index in [1.807, 2.05) is 0 Å². The van der Waals surface area contributed by atoms with Crippen LogP contribution in [0.2, 0.25) is 0 Å². The third-order valence-corrected chi connectivity index (χ3v) is 4.44. The SMILES string of the molecule is Cc1cc(C)c(C)c(CN(CCO)C(=O)c2cccnc2)c1C.Cl. The number of pyridine rings is 1. The van der Waals surface area contributed by atoms with Gasteiger partial charge < -0.3 is 10.0 Å². The number of rotatable bonds is 5. The quantitative estimate of drug-likeness (QED) is 0.901. The number of aryl methyl sites for hydroxylation is 2. The fourth-order valence-electron chi connectivity index (χ4n) is 2.77. The molecule has 0 unspecified atom stereocenters. The van der Waals surface area contributed by atoms with Crippen LogP contribution in [-0.2, 0) is 6.54 Å². The van der Waals surface area contributed by atoms with Crippen LogP contribution in [0.5, 0.6) is 0 Å². The maximum Gasteiger partial charge on any atom is 0.255 e. The fraction of sp³-hybridized carbons (Fsp3) is 0.368. The number of aromatic nitrogens is 1. The number of carbonyl (C=O) groups is 1. The molecule has 2 rings (SSSR count). The molecular weight excluding hydrogens is 324 g/mol. The van der Waals surface area contributed by atoms with Crippen LogP contribution in [0.25, 0.3) is 0 Å². The molecule has 1 heterocycles. The maximum absolute atomic E-state index is 12.7. The Bertz CT molecular complexity index is 676. The van der Waals surface area contributed by atoms with Gasteiger partial charge >= 0.3 is 0 Å². The molecule has 0 fully saturated rings. The predicted octanol–water partition coefficient (Wildman–Crippen LogP) is 3.37. The predicted molar refractivity (Wildman–Crippen MR) is 98.7 cm³/mol. The van der Waals surface area contributed by atoms with Crippen LogP contribution < -0.4 is 0 Å². The number of carbonyl (C=O) groups excluding carboxylic acids is 1. The van der Waals surface area contributed by atoms with E-state index in [4.69, 9.17) is 0 Å². The molecule has 0 aliphatic heterocycles. The molecule has 24 heavy (non-hydrogen) atoms. The van der Waals surface area contributed by atoms with Crippen molar-refractivity contribution in [2.75, 3.05) is 13.2 Å². The van der Waals surface area contributed by atoms with Gasteiger partial charge in [-0.3, -0.25) is 9.78 Å². The lowest BCUT2D eigenvalue weighted by molar-refractivity contribution is 0.0707. The van der Waals surface area contributed by atoms with E-state index in [0.717, 1.165) is 5.56 Å². The highest BCUT2D eigenvalue weighted by Crippen LogP contribution is 2.23. The van der Waals surface area contributed by atoms with Gasteiger partial charge in [-0.25, -0.2) is 0 Å². The highest BCUT2D eigenvalue weighted by Gasteiger charge is 2.19. The van der Waals surface area contributed by atoms with Crippen LogP contribution in [-0.4, -0.2) is 34.0 Å². The maximum atomic E-state index is 12.7. The van der Waals surface area contributed by atoms with Crippen LogP contribution in [0.4, 0.5) is 0 Å². The zero-order valence-corrected chi connectivity index (χ0v) is 15.5. The van der Waals surface area contributed by atoms with Crippen LogP contribution >= 0.6 is 12.4 Å². The minimum atomic E-state index is -0.106. The van der Waals surface area contributed by atoms with Crippen LogP contribution in [0.1, 0.15) is 38.2 Å². The molecule has 0 bridgehead atoms. The molecule has 1 aromatic carbocycles. The molecule has 0 radical (unpaired) electrons. The van der Waals surface area contributed by atoms with Crippen molar-refractivity contribution in [3.63, 3.8) is 0 Å². The van der Waals surface area contributed by atoms with E-state index >= 15 is 0 Å². The number of benzene rings is 1. The minimum Gasteiger partial charge on any atom is -0.395 e. The van der Waals surface area contributed by atoms with Gasteiger partial charge in [0.05, 0.1) is 12.2 Å². The van der Waals surface area contributed by atoms with Crippen LogP contribution in [0.15, 0.2) is 30.6 Å². The second kappa shape index (κ2) is 8.81. The lowest BCUT2D eigenvalue weighted by Gasteiger charge is -2.25. The molecule has 0 aliphatic rings. The number of amides is 1. The summed E-state index contributed by atoms with van der Waals surface area (Å²) in [5.41, 5.74) is 6.56. The minimum absolute atomic E-state index is 0. The fourth-order valence-corrected chi connectivity index (χ4v) is 2.77. The first-order chi connectivity index (χ1) is 11.0. The molecule has 0 saturated heterocycles. The van der Waals surface area contributed by atoms with Gasteiger partial charge in [0, 0.05) is 25.5 Å². The molecule has 2 aromatic rings. The van der Waals surface area contributed by atoms with Gasteiger partial charge in [-0.2, -0.15) is 0 Å². The first-order valence-corrected chi connectivity index (χ1v) is 7.82. The van der Waals surface area contributed by atoms with E-state index in [0.29, 0.717) is 18.7 Å². The van der Waals surface area contributed by atoms with Crippen molar-refractivity contribution < 1.29 is 9.90 Å². The Balaban J connectivity index is 0.00000288. The molecule has 0 atom stereocenters. The van der Waals surface area contributed by atoms with E-state index in [-0.39, 0.29) is 24.9 Å².